The molecule has 5 heteroatoms. The Morgan fingerprint density at radius 3 is 2.33 bits per heavy atom. The number of allylic oxidation sites excluding steroid dienone is 2. The SMILES string of the molecule is CC(C)=C[C@@H]1[C@@H](C(=O)NCCS(C)(=O)=O)C1(C)C. The largest absolute Gasteiger partial charge is 0.355 e. The second-order valence-electron chi connectivity index (χ2n) is 5.99. The summed E-state index contributed by atoms with van der Waals surface area (Å²) in [5, 5.41) is 2.71. The molecule has 0 unspecified atom stereocenters. The van der Waals surface area contributed by atoms with Crippen molar-refractivity contribution < 1.29 is 13.2 Å². The Balaban J connectivity index is 2.52. The molecule has 1 fully saturated rings. The van der Waals surface area contributed by atoms with E-state index >= 15 is 0 Å². The van der Waals surface area contributed by atoms with E-state index in [1.54, 1.807) is 0 Å². The molecule has 1 amide bonds. The number of amides is 1. The number of hydrogen-bond donors (Lipinski definition) is 1. The van der Waals surface area contributed by atoms with Crippen molar-refractivity contribution in [3.8, 4) is 0 Å². The van der Waals surface area contributed by atoms with Gasteiger partial charge in [0, 0.05) is 12.8 Å². The van der Waals surface area contributed by atoms with Crippen molar-refractivity contribution >= 4 is 15.7 Å². The quantitative estimate of drug-likeness (QED) is 0.770. The second-order valence-corrected chi connectivity index (χ2v) is 8.25. The van der Waals surface area contributed by atoms with Crippen LogP contribution in [0.4, 0.5) is 0 Å². The van der Waals surface area contributed by atoms with Gasteiger partial charge in [0.1, 0.15) is 9.84 Å². The van der Waals surface area contributed by atoms with Crippen molar-refractivity contribution in [1.29, 1.82) is 0 Å². The van der Waals surface area contributed by atoms with Crippen LogP contribution in [0, 0.1) is 17.3 Å². The van der Waals surface area contributed by atoms with Gasteiger partial charge in [-0.2, -0.15) is 0 Å². The molecule has 1 saturated carbocycles. The zero-order valence-corrected chi connectivity index (χ0v) is 12.6. The van der Waals surface area contributed by atoms with Crippen LogP contribution >= 0.6 is 0 Å². The molecule has 0 bridgehead atoms. The summed E-state index contributed by atoms with van der Waals surface area (Å²) < 4.78 is 21.9. The van der Waals surface area contributed by atoms with Crippen LogP contribution in [0.25, 0.3) is 0 Å². The maximum atomic E-state index is 12.0. The summed E-state index contributed by atoms with van der Waals surface area (Å²) in [6, 6.07) is 0. The fourth-order valence-electron chi connectivity index (χ4n) is 2.32. The van der Waals surface area contributed by atoms with Crippen LogP contribution in [0.2, 0.25) is 0 Å². The number of carbonyl (C=O) groups excluding carboxylic acids is 1. The highest BCUT2D eigenvalue weighted by Crippen LogP contribution is 2.59. The number of carbonyl (C=O) groups is 1. The normalized spacial score (nSPS) is 25.4. The Bertz CT molecular complexity index is 459. The van der Waals surface area contributed by atoms with E-state index in [-0.39, 0.29) is 35.5 Å². The molecule has 4 nitrogen and oxygen atoms in total. The van der Waals surface area contributed by atoms with Crippen LogP contribution in [-0.2, 0) is 14.6 Å². The van der Waals surface area contributed by atoms with Gasteiger partial charge < -0.3 is 5.32 Å². The molecule has 0 aromatic carbocycles. The van der Waals surface area contributed by atoms with Crippen LogP contribution in [0.3, 0.4) is 0 Å². The molecule has 0 aromatic rings. The van der Waals surface area contributed by atoms with E-state index in [9.17, 15) is 13.2 Å². The minimum Gasteiger partial charge on any atom is -0.355 e. The first-order valence-corrected chi connectivity index (χ1v) is 8.22. The molecule has 104 valence electrons. The highest BCUT2D eigenvalue weighted by atomic mass is 32.2. The van der Waals surface area contributed by atoms with Crippen molar-refractivity contribution in [3.63, 3.8) is 0 Å². The molecule has 0 aromatic heterocycles. The molecule has 1 rings (SSSR count). The summed E-state index contributed by atoms with van der Waals surface area (Å²) in [6.07, 6.45) is 3.30. The minimum atomic E-state index is -3.01. The van der Waals surface area contributed by atoms with E-state index in [1.165, 1.54) is 11.8 Å². The lowest BCUT2D eigenvalue weighted by molar-refractivity contribution is -0.123. The van der Waals surface area contributed by atoms with E-state index < -0.39 is 9.84 Å². The molecule has 0 aliphatic heterocycles. The minimum absolute atomic E-state index is 0.000794. The highest BCUT2D eigenvalue weighted by Gasteiger charge is 2.60. The van der Waals surface area contributed by atoms with Gasteiger partial charge in [0.15, 0.2) is 0 Å². The average Bonchev–Trinajstić information content (AvgIpc) is 2.64. The average molecular weight is 273 g/mol. The molecular weight excluding hydrogens is 250 g/mol. The molecule has 2 atom stereocenters. The molecule has 0 heterocycles. The fourth-order valence-corrected chi connectivity index (χ4v) is 2.79. The molecule has 0 radical (unpaired) electrons. The third-order valence-corrected chi connectivity index (χ3v) is 4.42. The molecule has 1 aliphatic rings. The lowest BCUT2D eigenvalue weighted by Crippen LogP contribution is -2.31. The number of sulfone groups is 1. The van der Waals surface area contributed by atoms with Crippen LogP contribution in [0.1, 0.15) is 27.7 Å². The third kappa shape index (κ3) is 3.83. The molecule has 1 N–H and O–H groups in total. The van der Waals surface area contributed by atoms with Gasteiger partial charge in [-0.05, 0) is 25.2 Å². The Hall–Kier alpha value is -0.840. The maximum absolute atomic E-state index is 12.0. The summed E-state index contributed by atoms with van der Waals surface area (Å²) in [6.45, 7) is 8.38. The van der Waals surface area contributed by atoms with Gasteiger partial charge in [-0.25, -0.2) is 8.42 Å². The molecular formula is C13H23NO3S. The zero-order chi connectivity index (χ0) is 14.1. The summed E-state index contributed by atoms with van der Waals surface area (Å²) in [5.74, 6) is 0.193. The van der Waals surface area contributed by atoms with Crippen LogP contribution in [0.5, 0.6) is 0 Å². The first kappa shape index (κ1) is 15.2. The predicted octanol–water partition coefficient (Wildman–Crippen LogP) is 1.39. The van der Waals surface area contributed by atoms with Gasteiger partial charge in [0.05, 0.1) is 11.7 Å². The van der Waals surface area contributed by atoms with E-state index in [0.717, 1.165) is 0 Å². The van der Waals surface area contributed by atoms with Crippen molar-refractivity contribution in [2.75, 3.05) is 18.6 Å². The topological polar surface area (TPSA) is 63.2 Å². The summed E-state index contributed by atoms with van der Waals surface area (Å²) in [5.41, 5.74) is 1.19. The fraction of sp³-hybridized carbons (Fsp3) is 0.769. The monoisotopic (exact) mass is 273 g/mol. The number of rotatable bonds is 5. The first-order valence-electron chi connectivity index (χ1n) is 6.16. The van der Waals surface area contributed by atoms with E-state index in [1.807, 2.05) is 13.8 Å². The Morgan fingerprint density at radius 2 is 1.89 bits per heavy atom. The van der Waals surface area contributed by atoms with Gasteiger partial charge >= 0.3 is 0 Å². The number of nitrogens with one attached hydrogen (secondary N) is 1. The van der Waals surface area contributed by atoms with Crippen LogP contribution in [-0.4, -0.2) is 32.9 Å². The van der Waals surface area contributed by atoms with Gasteiger partial charge in [-0.15, -0.1) is 0 Å². The molecule has 18 heavy (non-hydrogen) atoms. The smallest absolute Gasteiger partial charge is 0.224 e. The third-order valence-electron chi connectivity index (χ3n) is 3.48. The standard InChI is InChI=1S/C13H23NO3S/c1-9(2)8-10-11(13(10,3)4)12(15)14-6-7-18(5,16)17/h8,10-11H,6-7H2,1-5H3,(H,14,15)/t10-,11+/m1/s1. The van der Waals surface area contributed by atoms with Crippen molar-refractivity contribution in [3.05, 3.63) is 11.6 Å². The summed E-state index contributed by atoms with van der Waals surface area (Å²) in [4.78, 5) is 12.0. The lowest BCUT2D eigenvalue weighted by atomic mass is 10.1. The van der Waals surface area contributed by atoms with Crippen molar-refractivity contribution in [1.82, 2.24) is 5.32 Å². The van der Waals surface area contributed by atoms with E-state index in [2.05, 4.69) is 25.2 Å². The Morgan fingerprint density at radius 1 is 1.33 bits per heavy atom. The summed E-state index contributed by atoms with van der Waals surface area (Å²) >= 11 is 0. The van der Waals surface area contributed by atoms with Gasteiger partial charge in [0.25, 0.3) is 0 Å². The van der Waals surface area contributed by atoms with Crippen molar-refractivity contribution in [2.24, 2.45) is 17.3 Å². The lowest BCUT2D eigenvalue weighted by Gasteiger charge is -2.05. The predicted molar refractivity (Wildman–Crippen MR) is 72.9 cm³/mol. The molecule has 0 saturated heterocycles. The second kappa shape index (κ2) is 5.03. The maximum Gasteiger partial charge on any atom is 0.224 e. The van der Waals surface area contributed by atoms with Crippen molar-refractivity contribution in [2.45, 2.75) is 27.7 Å². The van der Waals surface area contributed by atoms with E-state index in [0.29, 0.717) is 0 Å². The van der Waals surface area contributed by atoms with Crippen LogP contribution in [0.15, 0.2) is 11.6 Å². The van der Waals surface area contributed by atoms with Gasteiger partial charge in [0.2, 0.25) is 5.91 Å². The Kier molecular flexibility index (Phi) is 4.26. The van der Waals surface area contributed by atoms with Gasteiger partial charge in [-0.3, -0.25) is 4.79 Å². The molecule has 0 spiro atoms. The molecule has 1 aliphatic carbocycles. The highest BCUT2D eigenvalue weighted by molar-refractivity contribution is 7.90. The van der Waals surface area contributed by atoms with Gasteiger partial charge in [-0.1, -0.05) is 25.5 Å². The zero-order valence-electron chi connectivity index (χ0n) is 11.8. The van der Waals surface area contributed by atoms with Crippen LogP contribution < -0.4 is 5.32 Å². The number of hydrogen-bond acceptors (Lipinski definition) is 3. The summed E-state index contributed by atoms with van der Waals surface area (Å²) in [7, 11) is -3.01. The Labute approximate surface area is 110 Å². The van der Waals surface area contributed by atoms with E-state index in [4.69, 9.17) is 0 Å². The first-order chi connectivity index (χ1) is 8.05.